The fraction of sp³-hybridized carbons (Fsp3) is 0.421. The molecule has 1 fully saturated rings. The minimum Gasteiger partial charge on any atom is -0.403 e. The first-order valence-electron chi connectivity index (χ1n) is 9.11. The number of benzene rings is 1. The molecule has 1 aromatic carbocycles. The van der Waals surface area contributed by atoms with Gasteiger partial charge in [-0.15, -0.1) is 13.2 Å². The van der Waals surface area contributed by atoms with Gasteiger partial charge in [0.25, 0.3) is 0 Å². The number of ether oxygens (including phenoxy) is 1. The van der Waals surface area contributed by atoms with Crippen molar-refractivity contribution in [2.75, 3.05) is 5.32 Å². The number of aromatic nitrogens is 2. The molecule has 2 N–H and O–H groups in total. The van der Waals surface area contributed by atoms with E-state index in [-0.39, 0.29) is 18.0 Å². The van der Waals surface area contributed by atoms with E-state index in [0.717, 1.165) is 37.8 Å². The number of halogens is 4. The van der Waals surface area contributed by atoms with Crippen LogP contribution in [-0.4, -0.2) is 34.3 Å². The predicted molar refractivity (Wildman–Crippen MR) is 97.6 cm³/mol. The molecule has 1 aromatic heterocycles. The first-order chi connectivity index (χ1) is 13.7. The van der Waals surface area contributed by atoms with Gasteiger partial charge in [-0.25, -0.2) is 14.4 Å². The third-order valence-electron chi connectivity index (χ3n) is 4.61. The van der Waals surface area contributed by atoms with Gasteiger partial charge in [-0.2, -0.15) is 0 Å². The number of hydrogen-bond donors (Lipinski definition) is 2. The van der Waals surface area contributed by atoms with Gasteiger partial charge < -0.3 is 15.4 Å². The SMILES string of the molecule is CC(=O)NC1CCC(Nc2cc(-c3ccc(OC(F)(F)F)c(F)c3)ncn2)CC1. The number of nitrogens with one attached hydrogen (secondary N) is 2. The summed E-state index contributed by atoms with van der Waals surface area (Å²) >= 11 is 0. The van der Waals surface area contributed by atoms with E-state index >= 15 is 0 Å². The summed E-state index contributed by atoms with van der Waals surface area (Å²) in [6.07, 6.45) is -0.265. The lowest BCUT2D eigenvalue weighted by Gasteiger charge is -2.29. The molecule has 0 bridgehead atoms. The summed E-state index contributed by atoms with van der Waals surface area (Å²) in [4.78, 5) is 19.4. The Morgan fingerprint density at radius 1 is 1.10 bits per heavy atom. The molecular formula is C19H20F4N4O2. The maximum absolute atomic E-state index is 14.0. The fourth-order valence-corrected chi connectivity index (χ4v) is 3.34. The zero-order valence-electron chi connectivity index (χ0n) is 15.6. The Hall–Kier alpha value is -2.91. The van der Waals surface area contributed by atoms with Crippen molar-refractivity contribution in [2.24, 2.45) is 0 Å². The summed E-state index contributed by atoms with van der Waals surface area (Å²) in [5.41, 5.74) is 0.670. The van der Waals surface area contributed by atoms with E-state index < -0.39 is 17.9 Å². The van der Waals surface area contributed by atoms with Crippen LogP contribution in [0.4, 0.5) is 23.4 Å². The highest BCUT2D eigenvalue weighted by Crippen LogP contribution is 2.30. The molecule has 0 aliphatic heterocycles. The van der Waals surface area contributed by atoms with Crippen LogP contribution in [0.25, 0.3) is 11.3 Å². The second-order valence-corrected chi connectivity index (χ2v) is 6.87. The van der Waals surface area contributed by atoms with Crippen LogP contribution in [-0.2, 0) is 4.79 Å². The highest BCUT2D eigenvalue weighted by molar-refractivity contribution is 5.73. The third kappa shape index (κ3) is 6.03. The molecule has 3 rings (SSSR count). The van der Waals surface area contributed by atoms with E-state index in [0.29, 0.717) is 17.1 Å². The smallest absolute Gasteiger partial charge is 0.403 e. The summed E-state index contributed by atoms with van der Waals surface area (Å²) in [5, 5.41) is 6.20. The van der Waals surface area contributed by atoms with E-state index in [1.54, 1.807) is 6.07 Å². The normalized spacial score (nSPS) is 19.5. The average molecular weight is 412 g/mol. The summed E-state index contributed by atoms with van der Waals surface area (Å²) in [5.74, 6) is -1.54. The number of rotatable bonds is 5. The lowest BCUT2D eigenvalue weighted by Crippen LogP contribution is -2.39. The molecule has 1 heterocycles. The van der Waals surface area contributed by atoms with Gasteiger partial charge in [-0.05, 0) is 43.9 Å². The topological polar surface area (TPSA) is 76.1 Å². The Labute approximate surface area is 164 Å². The van der Waals surface area contributed by atoms with Gasteiger partial charge in [0, 0.05) is 30.6 Å². The van der Waals surface area contributed by atoms with Crippen molar-refractivity contribution >= 4 is 11.7 Å². The van der Waals surface area contributed by atoms with Crippen LogP contribution in [0.2, 0.25) is 0 Å². The van der Waals surface area contributed by atoms with Gasteiger partial charge >= 0.3 is 6.36 Å². The molecule has 0 atom stereocenters. The van der Waals surface area contributed by atoms with Gasteiger partial charge in [0.2, 0.25) is 5.91 Å². The Morgan fingerprint density at radius 2 is 1.79 bits per heavy atom. The van der Waals surface area contributed by atoms with Gasteiger partial charge in [0.1, 0.15) is 12.1 Å². The van der Waals surface area contributed by atoms with Crippen molar-refractivity contribution < 1.29 is 27.1 Å². The molecule has 29 heavy (non-hydrogen) atoms. The number of anilines is 1. The quantitative estimate of drug-likeness (QED) is 0.725. The Bertz CT molecular complexity index is 868. The number of nitrogens with zero attached hydrogens (tertiary/aromatic N) is 2. The average Bonchev–Trinajstić information content (AvgIpc) is 2.64. The van der Waals surface area contributed by atoms with Gasteiger partial charge in [-0.1, -0.05) is 0 Å². The van der Waals surface area contributed by atoms with Crippen LogP contribution in [0, 0.1) is 5.82 Å². The Morgan fingerprint density at radius 3 is 2.41 bits per heavy atom. The number of amides is 1. The van der Waals surface area contributed by atoms with Crippen molar-refractivity contribution in [1.82, 2.24) is 15.3 Å². The van der Waals surface area contributed by atoms with Crippen LogP contribution in [0.1, 0.15) is 32.6 Å². The van der Waals surface area contributed by atoms with Gasteiger partial charge in [-0.3, -0.25) is 4.79 Å². The summed E-state index contributed by atoms with van der Waals surface area (Å²) in [7, 11) is 0. The van der Waals surface area contributed by atoms with Crippen molar-refractivity contribution in [1.29, 1.82) is 0 Å². The Balaban J connectivity index is 1.66. The first kappa shape index (κ1) is 20.8. The molecule has 1 amide bonds. The summed E-state index contributed by atoms with van der Waals surface area (Å²) < 4.78 is 54.4. The van der Waals surface area contributed by atoms with Crippen LogP contribution in [0.5, 0.6) is 5.75 Å². The molecule has 0 unspecified atom stereocenters. The molecule has 0 radical (unpaired) electrons. The maximum Gasteiger partial charge on any atom is 0.573 e. The lowest BCUT2D eigenvalue weighted by atomic mass is 9.91. The van der Waals surface area contributed by atoms with Crippen LogP contribution >= 0.6 is 0 Å². The molecule has 0 spiro atoms. The fourth-order valence-electron chi connectivity index (χ4n) is 3.34. The van der Waals surface area contributed by atoms with Crippen molar-refractivity contribution in [3.63, 3.8) is 0 Å². The van der Waals surface area contributed by atoms with Crippen molar-refractivity contribution in [2.45, 2.75) is 51.1 Å². The molecule has 1 saturated carbocycles. The standard InChI is InChI=1S/C19H20F4N4O2/c1-11(28)26-13-3-5-14(6-4-13)27-18-9-16(24-10-25-18)12-2-7-17(15(20)8-12)29-19(21,22)23/h2,7-10,13-14H,3-6H2,1H3,(H,26,28)(H,24,25,27). The third-order valence-corrected chi connectivity index (χ3v) is 4.61. The first-order valence-corrected chi connectivity index (χ1v) is 9.11. The van der Waals surface area contributed by atoms with Crippen molar-refractivity contribution in [3.05, 3.63) is 36.4 Å². The zero-order valence-corrected chi connectivity index (χ0v) is 15.6. The highest BCUT2D eigenvalue weighted by atomic mass is 19.4. The number of hydrogen-bond acceptors (Lipinski definition) is 5. The Kier molecular flexibility index (Phi) is 6.19. The van der Waals surface area contributed by atoms with E-state index in [2.05, 4.69) is 25.3 Å². The second-order valence-electron chi connectivity index (χ2n) is 6.87. The molecule has 0 saturated heterocycles. The minimum absolute atomic E-state index is 0.0410. The van der Waals surface area contributed by atoms with Crippen LogP contribution < -0.4 is 15.4 Å². The molecule has 6 nitrogen and oxygen atoms in total. The van der Waals surface area contributed by atoms with E-state index in [1.165, 1.54) is 19.3 Å². The lowest BCUT2D eigenvalue weighted by molar-refractivity contribution is -0.275. The van der Waals surface area contributed by atoms with E-state index in [9.17, 15) is 22.4 Å². The van der Waals surface area contributed by atoms with Gasteiger partial charge in [0.15, 0.2) is 11.6 Å². The molecule has 10 heteroatoms. The maximum atomic E-state index is 14.0. The number of carbonyl (C=O) groups is 1. The van der Waals surface area contributed by atoms with Crippen LogP contribution in [0.15, 0.2) is 30.6 Å². The van der Waals surface area contributed by atoms with Crippen LogP contribution in [0.3, 0.4) is 0 Å². The molecule has 1 aliphatic carbocycles. The highest BCUT2D eigenvalue weighted by Gasteiger charge is 2.32. The minimum atomic E-state index is -4.96. The van der Waals surface area contributed by atoms with Crippen molar-refractivity contribution in [3.8, 4) is 17.0 Å². The zero-order chi connectivity index (χ0) is 21.0. The van der Waals surface area contributed by atoms with E-state index in [4.69, 9.17) is 0 Å². The monoisotopic (exact) mass is 412 g/mol. The molecule has 156 valence electrons. The van der Waals surface area contributed by atoms with Gasteiger partial charge in [0.05, 0.1) is 5.69 Å². The summed E-state index contributed by atoms with van der Waals surface area (Å²) in [6, 6.07) is 5.10. The largest absolute Gasteiger partial charge is 0.573 e. The second kappa shape index (κ2) is 8.62. The predicted octanol–water partition coefficient (Wildman–Crippen LogP) is 4.04. The molecule has 1 aliphatic rings. The molecule has 2 aromatic rings. The van der Waals surface area contributed by atoms with E-state index in [1.807, 2.05) is 0 Å². The summed E-state index contributed by atoms with van der Waals surface area (Å²) in [6.45, 7) is 1.50. The number of carbonyl (C=O) groups excluding carboxylic acids is 1. The molecular weight excluding hydrogens is 392 g/mol. The number of alkyl halides is 3.